The molecule has 0 aromatic rings. The van der Waals surface area contributed by atoms with Crippen molar-refractivity contribution in [3.05, 3.63) is 24.3 Å². The number of quaternary nitrogens is 1. The van der Waals surface area contributed by atoms with Crippen molar-refractivity contribution in [2.75, 3.05) is 47.5 Å². The van der Waals surface area contributed by atoms with Crippen molar-refractivity contribution in [1.29, 1.82) is 0 Å². The molecular formula is C28H50NO9P. The van der Waals surface area contributed by atoms with E-state index in [1.807, 2.05) is 27.2 Å². The molecule has 0 saturated carbocycles. The number of phosphoric acid groups is 1. The van der Waals surface area contributed by atoms with Gasteiger partial charge in [-0.3, -0.25) is 18.9 Å². The van der Waals surface area contributed by atoms with Crippen LogP contribution in [-0.2, 0) is 37.5 Å². The lowest BCUT2D eigenvalue weighted by molar-refractivity contribution is -0.870. The summed E-state index contributed by atoms with van der Waals surface area (Å²) < 4.78 is 32.2. The van der Waals surface area contributed by atoms with Gasteiger partial charge in [0.1, 0.15) is 19.8 Å². The molecule has 39 heavy (non-hydrogen) atoms. The number of hydrogen-bond donors (Lipinski definition) is 0. The number of carbonyl (C=O) groups excluding carboxylic acids is 3. The number of rotatable bonds is 24. The van der Waals surface area contributed by atoms with Crippen LogP contribution in [0, 0.1) is 0 Å². The maximum Gasteiger partial charge on any atom is 0.305 e. The molecule has 0 bridgehead atoms. The van der Waals surface area contributed by atoms with Crippen LogP contribution in [0.3, 0.4) is 0 Å². The van der Waals surface area contributed by atoms with Crippen molar-refractivity contribution in [2.45, 2.75) is 90.6 Å². The van der Waals surface area contributed by atoms with Gasteiger partial charge in [-0.15, -0.1) is 0 Å². The standard InChI is InChI=1S/C28H50NO9P/c1-6-7-8-9-10-12-15-18-26(31)19-16-13-11-14-17-20-28(32)35-23-27(38-25(2)30)24-37-39(33,34)36-22-21-29(3,4)5/h10,12,15,18,27H,6-9,11,13-14,16-17,19-24H2,1-5H3/b12-10-,18-15+/t27-/m1/s1. The molecule has 226 valence electrons. The second-order valence-corrected chi connectivity index (χ2v) is 11.9. The van der Waals surface area contributed by atoms with E-state index in [1.165, 1.54) is 26.2 Å². The molecule has 0 amide bonds. The van der Waals surface area contributed by atoms with E-state index in [2.05, 4.69) is 13.0 Å². The van der Waals surface area contributed by atoms with Gasteiger partial charge in [0.25, 0.3) is 7.82 Å². The fraction of sp³-hybridized carbons (Fsp3) is 0.750. The van der Waals surface area contributed by atoms with E-state index in [0.29, 0.717) is 23.9 Å². The molecule has 0 aliphatic carbocycles. The van der Waals surface area contributed by atoms with Crippen LogP contribution in [-0.4, -0.2) is 75.8 Å². The number of likely N-dealkylation sites (N-methyl/N-ethyl adjacent to an activating group) is 1. The van der Waals surface area contributed by atoms with E-state index < -0.39 is 32.5 Å². The Morgan fingerprint density at radius 2 is 1.56 bits per heavy atom. The third-order valence-electron chi connectivity index (χ3n) is 5.50. The highest BCUT2D eigenvalue weighted by molar-refractivity contribution is 7.45. The van der Waals surface area contributed by atoms with E-state index in [0.717, 1.165) is 32.1 Å². The minimum Gasteiger partial charge on any atom is -0.756 e. The normalized spacial score (nSPS) is 14.4. The van der Waals surface area contributed by atoms with Crippen LogP contribution in [0.1, 0.15) is 84.5 Å². The van der Waals surface area contributed by atoms with E-state index in [9.17, 15) is 23.8 Å². The largest absolute Gasteiger partial charge is 0.756 e. The van der Waals surface area contributed by atoms with E-state index in [1.54, 1.807) is 12.2 Å². The minimum absolute atomic E-state index is 0.0539. The number of esters is 2. The molecule has 0 aromatic carbocycles. The van der Waals surface area contributed by atoms with Gasteiger partial charge in [-0.05, 0) is 31.8 Å². The molecule has 0 saturated heterocycles. The number of hydrogen-bond acceptors (Lipinski definition) is 9. The monoisotopic (exact) mass is 575 g/mol. The molecule has 0 heterocycles. The predicted octanol–water partition coefficient (Wildman–Crippen LogP) is 4.66. The summed E-state index contributed by atoms with van der Waals surface area (Å²) in [4.78, 5) is 47.2. The summed E-state index contributed by atoms with van der Waals surface area (Å²) in [5, 5.41) is 0. The molecule has 1 unspecified atom stereocenters. The van der Waals surface area contributed by atoms with Gasteiger partial charge in [0, 0.05) is 19.8 Å². The van der Waals surface area contributed by atoms with Crippen LogP contribution in [0.4, 0.5) is 0 Å². The average Bonchev–Trinajstić information content (AvgIpc) is 2.83. The first kappa shape index (κ1) is 37.2. The van der Waals surface area contributed by atoms with Gasteiger partial charge >= 0.3 is 11.9 Å². The highest BCUT2D eigenvalue weighted by atomic mass is 31.2. The van der Waals surface area contributed by atoms with Gasteiger partial charge in [0.2, 0.25) is 0 Å². The number of nitrogens with zero attached hydrogens (tertiary/aromatic N) is 1. The highest BCUT2D eigenvalue weighted by Crippen LogP contribution is 2.38. The van der Waals surface area contributed by atoms with Gasteiger partial charge in [-0.25, -0.2) is 0 Å². The number of ether oxygens (including phenoxy) is 2. The lowest BCUT2D eigenvalue weighted by Gasteiger charge is -2.28. The zero-order valence-electron chi connectivity index (χ0n) is 24.6. The molecule has 0 fully saturated rings. The van der Waals surface area contributed by atoms with Gasteiger partial charge in [0.05, 0.1) is 27.7 Å². The van der Waals surface area contributed by atoms with Crippen LogP contribution >= 0.6 is 7.82 Å². The summed E-state index contributed by atoms with van der Waals surface area (Å²) in [5.74, 6) is -1.01. The zero-order chi connectivity index (χ0) is 29.6. The fourth-order valence-electron chi connectivity index (χ4n) is 3.28. The molecule has 11 heteroatoms. The molecule has 0 rings (SSSR count). The SMILES string of the molecule is CCCCC/C=C\C=C\C(=O)CCCCCCCC(=O)OC[C@H](COP(=O)([O-])OCC[N+](C)(C)C)OC(C)=O. The number of unbranched alkanes of at least 4 members (excludes halogenated alkanes) is 7. The average molecular weight is 576 g/mol. The molecule has 0 spiro atoms. The molecule has 0 aliphatic heterocycles. The first-order valence-electron chi connectivity index (χ1n) is 13.9. The van der Waals surface area contributed by atoms with Crippen molar-refractivity contribution in [3.63, 3.8) is 0 Å². The third-order valence-corrected chi connectivity index (χ3v) is 6.46. The second kappa shape index (κ2) is 21.9. The van der Waals surface area contributed by atoms with Gasteiger partial charge in [-0.2, -0.15) is 0 Å². The lowest BCUT2D eigenvalue weighted by Crippen LogP contribution is -2.37. The Kier molecular flexibility index (Phi) is 20.9. The first-order chi connectivity index (χ1) is 18.3. The van der Waals surface area contributed by atoms with Crippen LogP contribution in [0.15, 0.2) is 24.3 Å². The number of ketones is 1. The smallest absolute Gasteiger partial charge is 0.305 e. The van der Waals surface area contributed by atoms with E-state index in [-0.39, 0.29) is 25.4 Å². The number of allylic oxidation sites excluding steroid dienone is 4. The molecule has 0 aromatic heterocycles. The number of carbonyl (C=O) groups is 3. The summed E-state index contributed by atoms with van der Waals surface area (Å²) >= 11 is 0. The first-order valence-corrected chi connectivity index (χ1v) is 15.4. The summed E-state index contributed by atoms with van der Waals surface area (Å²) in [6.07, 6.45) is 15.8. The topological polar surface area (TPSA) is 128 Å². The molecule has 0 N–H and O–H groups in total. The van der Waals surface area contributed by atoms with Gasteiger partial charge in [0.15, 0.2) is 11.9 Å². The summed E-state index contributed by atoms with van der Waals surface area (Å²) in [7, 11) is 1.08. The molecular weight excluding hydrogens is 525 g/mol. The van der Waals surface area contributed by atoms with Crippen molar-refractivity contribution in [1.82, 2.24) is 0 Å². The predicted molar refractivity (Wildman–Crippen MR) is 149 cm³/mol. The quantitative estimate of drug-likeness (QED) is 0.0403. The van der Waals surface area contributed by atoms with E-state index >= 15 is 0 Å². The Labute approximate surface area is 234 Å². The van der Waals surface area contributed by atoms with Crippen molar-refractivity contribution >= 4 is 25.5 Å². The Morgan fingerprint density at radius 3 is 2.21 bits per heavy atom. The maximum absolute atomic E-state index is 12.0. The Bertz CT molecular complexity index is 805. The van der Waals surface area contributed by atoms with Crippen LogP contribution < -0.4 is 4.89 Å². The molecule has 0 aliphatic rings. The van der Waals surface area contributed by atoms with Gasteiger partial charge in [-0.1, -0.05) is 57.3 Å². The fourth-order valence-corrected chi connectivity index (χ4v) is 4.01. The Balaban J connectivity index is 4.08. The molecule has 0 radical (unpaired) electrons. The van der Waals surface area contributed by atoms with Crippen molar-refractivity contribution in [3.8, 4) is 0 Å². The molecule has 2 atom stereocenters. The second-order valence-electron chi connectivity index (χ2n) is 10.5. The summed E-state index contributed by atoms with van der Waals surface area (Å²) in [5.41, 5.74) is 0. The molecule has 10 nitrogen and oxygen atoms in total. The minimum atomic E-state index is -4.59. The maximum atomic E-state index is 12.0. The summed E-state index contributed by atoms with van der Waals surface area (Å²) in [6.45, 7) is 2.90. The van der Waals surface area contributed by atoms with Crippen LogP contribution in [0.2, 0.25) is 0 Å². The summed E-state index contributed by atoms with van der Waals surface area (Å²) in [6, 6.07) is 0. The highest BCUT2D eigenvalue weighted by Gasteiger charge is 2.20. The Hall–Kier alpha value is -1.84. The third kappa shape index (κ3) is 26.2. The lowest BCUT2D eigenvalue weighted by atomic mass is 10.1. The number of phosphoric ester groups is 1. The van der Waals surface area contributed by atoms with Crippen molar-refractivity contribution < 1.29 is 46.8 Å². The van der Waals surface area contributed by atoms with E-state index in [4.69, 9.17) is 18.5 Å². The van der Waals surface area contributed by atoms with Crippen LogP contribution in [0.25, 0.3) is 0 Å². The van der Waals surface area contributed by atoms with Crippen LogP contribution in [0.5, 0.6) is 0 Å². The van der Waals surface area contributed by atoms with Crippen molar-refractivity contribution in [2.24, 2.45) is 0 Å². The zero-order valence-corrected chi connectivity index (χ0v) is 25.5. The van der Waals surface area contributed by atoms with Gasteiger partial charge < -0.3 is 27.9 Å². The Morgan fingerprint density at radius 1 is 0.897 bits per heavy atom.